The molecule has 2 nitrogen and oxygen atoms in total. The Labute approximate surface area is 170 Å². The van der Waals surface area contributed by atoms with Gasteiger partial charge < -0.3 is 0 Å². The smallest absolute Gasteiger partial charge is 0.0634 e. The van der Waals surface area contributed by atoms with E-state index < -0.39 is 0 Å². The molecule has 1 aliphatic heterocycles. The summed E-state index contributed by atoms with van der Waals surface area (Å²) in [5.41, 5.74) is 8.33. The fourth-order valence-electron chi connectivity index (χ4n) is 4.39. The number of allylic oxidation sites excluding steroid dienone is 1. The lowest BCUT2D eigenvalue weighted by Crippen LogP contribution is -2.19. The topological polar surface area (TPSA) is 24.4 Å². The first-order valence-electron chi connectivity index (χ1n) is 10.4. The number of hydrogen-bond donors (Lipinski definition) is 1. The van der Waals surface area contributed by atoms with Gasteiger partial charge in [-0.25, -0.2) is 0 Å². The maximum atomic E-state index is 3.95. The molecule has 0 unspecified atom stereocenters. The standard InChI is InChI=1S/C18H16.C9H8N2/c1-3-7-15-13(5-1)9-11-18-16-8-4-2-6-14(16)10-12-17(15)18;1-2-6-9-8(4-1)5-3-7-10-11-9/h1,3,5-7,9-10,12H,2,4,8,11H2;1-7,11H. The van der Waals surface area contributed by atoms with Gasteiger partial charge in [0.25, 0.3) is 0 Å². The highest BCUT2D eigenvalue weighted by Gasteiger charge is 2.10. The molecule has 1 heterocycles. The summed E-state index contributed by atoms with van der Waals surface area (Å²) in [5.74, 6) is 0. The predicted molar refractivity (Wildman–Crippen MR) is 123 cm³/mol. The number of fused-ring (bicyclic) bond motifs is 5. The Morgan fingerprint density at radius 3 is 2.66 bits per heavy atom. The molecule has 6 rings (SSSR count). The van der Waals surface area contributed by atoms with E-state index in [1.165, 1.54) is 45.7 Å². The quantitative estimate of drug-likeness (QED) is 0.612. The van der Waals surface area contributed by atoms with Crippen LogP contribution in [0, 0.1) is 10.4 Å². The molecule has 0 amide bonds. The van der Waals surface area contributed by atoms with Gasteiger partial charge in [-0.3, -0.25) is 5.43 Å². The summed E-state index contributed by atoms with van der Waals surface area (Å²) >= 11 is 0. The van der Waals surface area contributed by atoms with Crippen molar-refractivity contribution in [3.05, 3.63) is 104 Å². The first-order chi connectivity index (χ1) is 14.4. The van der Waals surface area contributed by atoms with Crippen LogP contribution in [0.4, 0.5) is 5.69 Å². The highest BCUT2D eigenvalue weighted by molar-refractivity contribution is 5.83. The molecule has 0 fully saturated rings. The Morgan fingerprint density at radius 2 is 1.66 bits per heavy atom. The number of anilines is 1. The molecule has 3 aromatic rings. The number of rotatable bonds is 0. The van der Waals surface area contributed by atoms with Crippen LogP contribution >= 0.6 is 0 Å². The van der Waals surface area contributed by atoms with Crippen LogP contribution < -0.4 is 15.9 Å². The van der Waals surface area contributed by atoms with E-state index in [0.717, 1.165) is 12.1 Å². The summed E-state index contributed by atoms with van der Waals surface area (Å²) in [4.78, 5) is 0. The molecule has 2 aliphatic carbocycles. The van der Waals surface area contributed by atoms with Crippen molar-refractivity contribution < 1.29 is 0 Å². The molecule has 0 saturated carbocycles. The number of hydrazone groups is 1. The zero-order valence-corrected chi connectivity index (χ0v) is 16.4. The minimum absolute atomic E-state index is 1.05. The molecule has 0 saturated heterocycles. The van der Waals surface area contributed by atoms with E-state index in [0.29, 0.717) is 0 Å². The molecule has 3 aliphatic rings. The monoisotopic (exact) mass is 376 g/mol. The molecule has 0 spiro atoms. The summed E-state index contributed by atoms with van der Waals surface area (Å²) in [6.45, 7) is 0. The van der Waals surface area contributed by atoms with E-state index in [4.69, 9.17) is 0 Å². The molecule has 0 radical (unpaired) electrons. The van der Waals surface area contributed by atoms with Gasteiger partial charge in [0.1, 0.15) is 0 Å². The highest BCUT2D eigenvalue weighted by atomic mass is 15.3. The third-order valence-electron chi connectivity index (χ3n) is 5.82. The molecular formula is C27H24N2. The number of para-hydroxylation sites is 1. The van der Waals surface area contributed by atoms with Crippen LogP contribution in [0.15, 0.2) is 71.8 Å². The molecule has 0 bridgehead atoms. The predicted octanol–water partition coefficient (Wildman–Crippen LogP) is 4.54. The summed E-state index contributed by atoms with van der Waals surface area (Å²) in [6, 6.07) is 21.4. The minimum Gasteiger partial charge on any atom is -0.278 e. The van der Waals surface area contributed by atoms with E-state index in [-0.39, 0.29) is 0 Å². The molecule has 0 aromatic heterocycles. The van der Waals surface area contributed by atoms with Crippen LogP contribution in [0.2, 0.25) is 0 Å². The zero-order chi connectivity index (χ0) is 19.5. The molecule has 3 aromatic carbocycles. The van der Waals surface area contributed by atoms with Crippen molar-refractivity contribution in [3.8, 4) is 0 Å². The maximum Gasteiger partial charge on any atom is 0.0634 e. The second-order valence-corrected chi connectivity index (χ2v) is 7.59. The van der Waals surface area contributed by atoms with E-state index in [1.54, 1.807) is 17.3 Å². The van der Waals surface area contributed by atoms with Crippen molar-refractivity contribution in [2.24, 2.45) is 5.10 Å². The molecule has 142 valence electrons. The van der Waals surface area contributed by atoms with Crippen LogP contribution in [0.3, 0.4) is 0 Å². The van der Waals surface area contributed by atoms with Crippen LogP contribution in [0.5, 0.6) is 0 Å². The average Bonchev–Trinajstić information content (AvgIpc) is 3.05. The van der Waals surface area contributed by atoms with Crippen molar-refractivity contribution >= 4 is 30.1 Å². The van der Waals surface area contributed by atoms with Gasteiger partial charge in [-0.1, -0.05) is 72.8 Å². The molecular weight excluding hydrogens is 352 g/mol. The number of benzene rings is 3. The lowest BCUT2D eigenvalue weighted by atomic mass is 9.89. The Hall–Kier alpha value is -3.39. The van der Waals surface area contributed by atoms with Gasteiger partial charge in [0, 0.05) is 6.21 Å². The third kappa shape index (κ3) is 3.54. The number of nitrogens with one attached hydrogen (secondary N) is 1. The molecule has 0 atom stereocenters. The van der Waals surface area contributed by atoms with Gasteiger partial charge in [0.2, 0.25) is 0 Å². The Morgan fingerprint density at radius 1 is 0.759 bits per heavy atom. The second-order valence-electron chi connectivity index (χ2n) is 7.59. The SMILES string of the molecule is C1=Cc2ccccc2NN=C1.C1=c2ccc3c(c2CCC1)CC=c1ccccc1=3. The van der Waals surface area contributed by atoms with Gasteiger partial charge >= 0.3 is 0 Å². The van der Waals surface area contributed by atoms with Crippen molar-refractivity contribution in [2.45, 2.75) is 25.7 Å². The van der Waals surface area contributed by atoms with Gasteiger partial charge in [-0.2, -0.15) is 5.10 Å². The first-order valence-corrected chi connectivity index (χ1v) is 10.4. The minimum atomic E-state index is 1.05. The summed E-state index contributed by atoms with van der Waals surface area (Å²) in [5, 5.41) is 9.69. The lowest BCUT2D eigenvalue weighted by molar-refractivity contribution is 0.824. The Balaban J connectivity index is 0.000000142. The maximum absolute atomic E-state index is 3.95. The fraction of sp³-hybridized carbons (Fsp3) is 0.148. The molecule has 29 heavy (non-hydrogen) atoms. The van der Waals surface area contributed by atoms with Crippen molar-refractivity contribution in [1.29, 1.82) is 0 Å². The second kappa shape index (κ2) is 7.92. The van der Waals surface area contributed by atoms with Crippen LogP contribution in [0.1, 0.15) is 29.5 Å². The molecule has 1 N–H and O–H groups in total. The van der Waals surface area contributed by atoms with E-state index in [9.17, 15) is 0 Å². The molecule has 2 heteroatoms. The van der Waals surface area contributed by atoms with Crippen molar-refractivity contribution in [1.82, 2.24) is 0 Å². The largest absolute Gasteiger partial charge is 0.278 e. The third-order valence-corrected chi connectivity index (χ3v) is 5.82. The summed E-state index contributed by atoms with van der Waals surface area (Å²) < 4.78 is 0. The summed E-state index contributed by atoms with van der Waals surface area (Å²) in [7, 11) is 0. The average molecular weight is 377 g/mol. The number of hydrogen-bond acceptors (Lipinski definition) is 2. The van der Waals surface area contributed by atoms with Crippen LogP contribution in [0.25, 0.3) is 18.2 Å². The van der Waals surface area contributed by atoms with Crippen molar-refractivity contribution in [2.75, 3.05) is 5.43 Å². The zero-order valence-electron chi connectivity index (χ0n) is 16.4. The Kier molecular flexibility index (Phi) is 4.83. The number of nitrogens with zero attached hydrogens (tertiary/aromatic N) is 1. The van der Waals surface area contributed by atoms with Gasteiger partial charge in [-0.05, 0) is 75.4 Å². The van der Waals surface area contributed by atoms with E-state index in [1.807, 2.05) is 36.4 Å². The van der Waals surface area contributed by atoms with Gasteiger partial charge in [-0.15, -0.1) is 0 Å². The summed E-state index contributed by atoms with van der Waals surface area (Å²) in [6.07, 6.45) is 15.4. The Bertz CT molecular complexity index is 1330. The van der Waals surface area contributed by atoms with Crippen LogP contribution in [-0.2, 0) is 12.8 Å². The highest BCUT2D eigenvalue weighted by Crippen LogP contribution is 2.18. The van der Waals surface area contributed by atoms with E-state index in [2.05, 4.69) is 59.1 Å². The van der Waals surface area contributed by atoms with Gasteiger partial charge in [0.05, 0.1) is 5.69 Å². The lowest BCUT2D eigenvalue weighted by Gasteiger charge is -2.16. The van der Waals surface area contributed by atoms with Gasteiger partial charge in [0.15, 0.2) is 0 Å². The van der Waals surface area contributed by atoms with E-state index >= 15 is 0 Å². The fourth-order valence-corrected chi connectivity index (χ4v) is 4.39. The van der Waals surface area contributed by atoms with Crippen molar-refractivity contribution in [3.63, 3.8) is 0 Å². The van der Waals surface area contributed by atoms with Crippen LogP contribution in [-0.4, -0.2) is 6.21 Å². The first kappa shape index (κ1) is 17.7. The normalized spacial score (nSPS) is 14.9.